The molecule has 1 heterocycles. The minimum atomic E-state index is 0.0203. The van der Waals surface area contributed by atoms with Crippen molar-refractivity contribution in [2.24, 2.45) is 5.92 Å². The first-order valence-corrected chi connectivity index (χ1v) is 7.86. The average Bonchev–Trinajstić information content (AvgIpc) is 2.47. The zero-order valence-corrected chi connectivity index (χ0v) is 13.2. The number of nitrogens with one attached hydrogen (secondary N) is 2. The maximum Gasteiger partial charge on any atom is 0.214 e. The van der Waals surface area contributed by atoms with E-state index in [0.717, 1.165) is 43.3 Å². The first-order chi connectivity index (χ1) is 10.0. The molecule has 0 atom stereocenters. The molecule has 0 spiro atoms. The highest BCUT2D eigenvalue weighted by molar-refractivity contribution is 5.31. The molecule has 1 aliphatic rings. The number of nitrogens with zero attached hydrogens (tertiary/aromatic N) is 2. The Kier molecular flexibility index (Phi) is 5.04. The molecule has 0 aliphatic heterocycles. The van der Waals surface area contributed by atoms with E-state index in [-0.39, 0.29) is 5.88 Å². The normalized spacial score (nSPS) is 15.4. The van der Waals surface area contributed by atoms with Crippen molar-refractivity contribution >= 4 is 12.0 Å². The van der Waals surface area contributed by atoms with Crippen LogP contribution in [0.1, 0.15) is 45.7 Å². The molecule has 1 aliphatic carbocycles. The highest BCUT2D eigenvalue weighted by Crippen LogP contribution is 2.02. The van der Waals surface area contributed by atoms with Gasteiger partial charge in [0.05, 0.1) is 11.0 Å². The smallest absolute Gasteiger partial charge is 0.214 e. The summed E-state index contributed by atoms with van der Waals surface area (Å²) in [5.74, 6) is 0.446. The van der Waals surface area contributed by atoms with Gasteiger partial charge >= 0.3 is 0 Å². The fourth-order valence-corrected chi connectivity index (χ4v) is 2.58. The van der Waals surface area contributed by atoms with Gasteiger partial charge in [-0.1, -0.05) is 26.8 Å². The standard InChI is InChI=1S/C16H26N4O/c1-4-9-20-13-8-6-5-7-12(13)19-14(15(20)17)16(21)18-10-11(2)3/h8,11,17-18,21H,4-7,9-10H2,1-3H3/b16-14+,17-15?. The second-order valence-electron chi connectivity index (χ2n) is 6.01. The van der Waals surface area contributed by atoms with E-state index >= 15 is 0 Å². The molecule has 3 N–H and O–H groups in total. The third-order valence-corrected chi connectivity index (χ3v) is 3.63. The number of hydrogen-bond acceptors (Lipinski definition) is 4. The molecule has 0 unspecified atom stereocenters. The molecule has 0 aromatic carbocycles. The third-order valence-electron chi connectivity index (χ3n) is 3.63. The number of aliphatic hydroxyl groups is 1. The lowest BCUT2D eigenvalue weighted by molar-refractivity contribution is 0.435. The molecule has 116 valence electrons. The minimum Gasteiger partial charge on any atom is -0.493 e. The lowest BCUT2D eigenvalue weighted by Gasteiger charge is -2.15. The highest BCUT2D eigenvalue weighted by atomic mass is 16.3. The van der Waals surface area contributed by atoms with Gasteiger partial charge in [-0.3, -0.25) is 5.41 Å². The number of aromatic nitrogens is 2. The van der Waals surface area contributed by atoms with Crippen molar-refractivity contribution in [2.75, 3.05) is 6.54 Å². The monoisotopic (exact) mass is 290 g/mol. The number of fused-ring (bicyclic) bond motifs is 1. The molecule has 21 heavy (non-hydrogen) atoms. The van der Waals surface area contributed by atoms with Crippen molar-refractivity contribution in [1.82, 2.24) is 14.9 Å². The van der Waals surface area contributed by atoms with Gasteiger partial charge in [0.2, 0.25) is 5.88 Å². The van der Waals surface area contributed by atoms with Gasteiger partial charge in [0.1, 0.15) is 0 Å². The van der Waals surface area contributed by atoms with E-state index in [0.29, 0.717) is 23.3 Å². The Labute approximate surface area is 125 Å². The van der Waals surface area contributed by atoms with Crippen LogP contribution in [-0.4, -0.2) is 21.2 Å². The predicted octanol–water partition coefficient (Wildman–Crippen LogP) is 0.759. The molecule has 0 saturated heterocycles. The Bertz CT molecular complexity index is 673. The van der Waals surface area contributed by atoms with Gasteiger partial charge in [0, 0.05) is 13.1 Å². The van der Waals surface area contributed by atoms with Crippen LogP contribution in [0, 0.1) is 11.3 Å². The van der Waals surface area contributed by atoms with Crippen molar-refractivity contribution in [1.29, 1.82) is 5.41 Å². The zero-order valence-electron chi connectivity index (χ0n) is 13.2. The second kappa shape index (κ2) is 6.78. The molecule has 0 saturated carbocycles. The van der Waals surface area contributed by atoms with Gasteiger partial charge in [-0.25, -0.2) is 4.98 Å². The van der Waals surface area contributed by atoms with Crippen LogP contribution in [0.4, 0.5) is 0 Å². The van der Waals surface area contributed by atoms with E-state index in [1.165, 1.54) is 0 Å². The summed E-state index contributed by atoms with van der Waals surface area (Å²) in [5.41, 5.74) is 1.29. The quantitative estimate of drug-likeness (QED) is 0.749. The first kappa shape index (κ1) is 15.6. The molecule has 1 aromatic heterocycles. The highest BCUT2D eigenvalue weighted by Gasteiger charge is 2.11. The van der Waals surface area contributed by atoms with Gasteiger partial charge in [0.25, 0.3) is 0 Å². The van der Waals surface area contributed by atoms with Crippen molar-refractivity contribution in [2.45, 2.75) is 53.0 Å². The summed E-state index contributed by atoms with van der Waals surface area (Å²) in [4.78, 5) is 4.54. The van der Waals surface area contributed by atoms with Gasteiger partial charge in [-0.05, 0) is 31.6 Å². The summed E-state index contributed by atoms with van der Waals surface area (Å²) in [7, 11) is 0. The van der Waals surface area contributed by atoms with Crippen LogP contribution >= 0.6 is 0 Å². The van der Waals surface area contributed by atoms with Crippen LogP contribution in [0.25, 0.3) is 12.0 Å². The van der Waals surface area contributed by atoms with E-state index in [1.54, 1.807) is 0 Å². The van der Waals surface area contributed by atoms with Gasteiger partial charge < -0.3 is 15.0 Å². The van der Waals surface area contributed by atoms with E-state index < -0.39 is 0 Å². The molecular weight excluding hydrogens is 264 g/mol. The number of hydrogen-bond donors (Lipinski definition) is 3. The molecular formula is C16H26N4O. The lowest BCUT2D eigenvalue weighted by atomic mass is 10.1. The fourth-order valence-electron chi connectivity index (χ4n) is 2.58. The van der Waals surface area contributed by atoms with E-state index in [4.69, 9.17) is 5.41 Å². The second-order valence-corrected chi connectivity index (χ2v) is 6.01. The van der Waals surface area contributed by atoms with Gasteiger partial charge in [-0.15, -0.1) is 0 Å². The largest absolute Gasteiger partial charge is 0.493 e. The summed E-state index contributed by atoms with van der Waals surface area (Å²) in [6.45, 7) is 7.71. The SMILES string of the molecule is CCCn1c2c(n/c(=C(/O)NCC(C)C)c1=N)CCCC=2. The molecule has 1 aromatic rings. The zero-order chi connectivity index (χ0) is 15.4. The summed E-state index contributed by atoms with van der Waals surface area (Å²) < 4.78 is 1.98. The molecule has 2 rings (SSSR count). The van der Waals surface area contributed by atoms with E-state index in [9.17, 15) is 5.11 Å². The number of rotatable bonds is 5. The fraction of sp³-hybridized carbons (Fsp3) is 0.625. The summed E-state index contributed by atoms with van der Waals surface area (Å²) in [6, 6.07) is 0. The van der Waals surface area contributed by atoms with Crippen molar-refractivity contribution in [3.63, 3.8) is 0 Å². The molecule has 0 amide bonds. The Morgan fingerprint density at radius 2 is 2.29 bits per heavy atom. The molecule has 5 heteroatoms. The molecule has 0 fully saturated rings. The van der Waals surface area contributed by atoms with Crippen LogP contribution in [0.5, 0.6) is 0 Å². The molecule has 0 radical (unpaired) electrons. The third kappa shape index (κ3) is 3.46. The summed E-state index contributed by atoms with van der Waals surface area (Å²) in [6.07, 6.45) is 6.17. The first-order valence-electron chi connectivity index (χ1n) is 7.86. The Hall–Kier alpha value is -1.78. The van der Waals surface area contributed by atoms with E-state index in [2.05, 4.69) is 37.1 Å². The van der Waals surface area contributed by atoms with Crippen molar-refractivity contribution in [3.8, 4) is 0 Å². The predicted molar refractivity (Wildman–Crippen MR) is 83.9 cm³/mol. The number of aryl methyl sites for hydroxylation is 1. The van der Waals surface area contributed by atoms with Gasteiger partial charge in [0.15, 0.2) is 10.8 Å². The molecule has 0 bridgehead atoms. The van der Waals surface area contributed by atoms with Crippen LogP contribution in [0.2, 0.25) is 0 Å². The molecule has 5 nitrogen and oxygen atoms in total. The van der Waals surface area contributed by atoms with Gasteiger partial charge in [-0.2, -0.15) is 0 Å². The Morgan fingerprint density at radius 1 is 1.52 bits per heavy atom. The van der Waals surface area contributed by atoms with E-state index in [1.807, 2.05) is 4.57 Å². The van der Waals surface area contributed by atoms with Crippen LogP contribution < -0.4 is 21.5 Å². The maximum atomic E-state index is 10.2. The van der Waals surface area contributed by atoms with Crippen molar-refractivity contribution < 1.29 is 5.11 Å². The number of aliphatic hydroxyl groups excluding tert-OH is 1. The Balaban J connectivity index is 2.60. The summed E-state index contributed by atoms with van der Waals surface area (Å²) in [5, 5.41) is 23.0. The topological polar surface area (TPSA) is 73.9 Å². The van der Waals surface area contributed by atoms with Crippen LogP contribution in [0.3, 0.4) is 0 Å². The average molecular weight is 290 g/mol. The minimum absolute atomic E-state index is 0.0203. The van der Waals surface area contributed by atoms with Crippen LogP contribution in [-0.2, 0) is 13.0 Å². The lowest BCUT2D eigenvalue weighted by Crippen LogP contribution is -2.50. The summed E-state index contributed by atoms with van der Waals surface area (Å²) >= 11 is 0. The maximum absolute atomic E-state index is 10.2. The Morgan fingerprint density at radius 3 is 2.95 bits per heavy atom. The van der Waals surface area contributed by atoms with Crippen LogP contribution in [0.15, 0.2) is 0 Å². The van der Waals surface area contributed by atoms with Crippen molar-refractivity contribution in [3.05, 3.63) is 21.9 Å².